The second-order valence-corrected chi connectivity index (χ2v) is 8.73. The van der Waals surface area contributed by atoms with Crippen LogP contribution < -0.4 is 0 Å². The molecule has 1 atom stereocenters. The minimum Gasteiger partial charge on any atom is -0.297 e. The summed E-state index contributed by atoms with van der Waals surface area (Å²) in [6, 6.07) is 9.75. The van der Waals surface area contributed by atoms with E-state index in [-0.39, 0.29) is 5.82 Å². The molecule has 0 amide bonds. The van der Waals surface area contributed by atoms with E-state index in [1.165, 1.54) is 16.5 Å². The molecule has 3 aromatic rings. The van der Waals surface area contributed by atoms with Crippen molar-refractivity contribution in [3.63, 3.8) is 0 Å². The predicted molar refractivity (Wildman–Crippen MR) is 108 cm³/mol. The lowest BCUT2D eigenvalue weighted by atomic mass is 10.0. The van der Waals surface area contributed by atoms with Crippen LogP contribution in [-0.4, -0.2) is 25.8 Å². The topological polar surface area (TPSA) is 26.0 Å². The van der Waals surface area contributed by atoms with E-state index in [1.807, 2.05) is 22.1 Å². The molecule has 0 saturated heterocycles. The Kier molecular flexibility index (Phi) is 4.26. The van der Waals surface area contributed by atoms with E-state index in [4.69, 9.17) is 17.3 Å². The molecule has 4 nitrogen and oxygen atoms in total. The Balaban J connectivity index is 1.52. The van der Waals surface area contributed by atoms with Gasteiger partial charge in [-0.05, 0) is 67.5 Å². The van der Waals surface area contributed by atoms with E-state index in [0.717, 1.165) is 25.8 Å². The van der Waals surface area contributed by atoms with Crippen LogP contribution in [-0.2, 0) is 13.1 Å². The first-order valence-corrected chi connectivity index (χ1v) is 10.7. The monoisotopic (exact) mass is 400 g/mol. The Morgan fingerprint density at radius 2 is 2.07 bits per heavy atom. The maximum absolute atomic E-state index is 14.4. The van der Waals surface area contributed by atoms with Crippen LogP contribution in [0.3, 0.4) is 0 Å². The zero-order valence-electron chi connectivity index (χ0n) is 15.1. The van der Waals surface area contributed by atoms with Gasteiger partial charge in [0.05, 0.1) is 12.2 Å². The first kappa shape index (κ1) is 17.3. The molecule has 0 unspecified atom stereocenters. The van der Waals surface area contributed by atoms with Gasteiger partial charge < -0.3 is 0 Å². The van der Waals surface area contributed by atoms with Crippen LogP contribution in [0.25, 0.3) is 11.4 Å². The fourth-order valence-corrected chi connectivity index (χ4v) is 5.22. The maximum Gasteiger partial charge on any atom is 0.199 e. The number of halogens is 1. The number of benzene rings is 1. The fourth-order valence-electron chi connectivity index (χ4n) is 3.93. The van der Waals surface area contributed by atoms with Gasteiger partial charge in [-0.1, -0.05) is 12.1 Å². The quantitative estimate of drug-likeness (QED) is 0.564. The summed E-state index contributed by atoms with van der Waals surface area (Å²) in [7, 11) is 0. The highest BCUT2D eigenvalue weighted by Crippen LogP contribution is 2.39. The number of rotatable bonds is 4. The van der Waals surface area contributed by atoms with E-state index in [2.05, 4.69) is 27.8 Å². The number of aromatic nitrogens is 3. The van der Waals surface area contributed by atoms with Crippen LogP contribution in [0.1, 0.15) is 42.3 Å². The van der Waals surface area contributed by atoms with Gasteiger partial charge in [0.1, 0.15) is 5.82 Å². The van der Waals surface area contributed by atoms with Crippen molar-refractivity contribution in [3.05, 3.63) is 56.7 Å². The fraction of sp³-hybridized carbons (Fsp3) is 0.400. The van der Waals surface area contributed by atoms with Crippen LogP contribution in [0.15, 0.2) is 35.7 Å². The molecule has 3 heterocycles. The Morgan fingerprint density at radius 3 is 2.85 bits per heavy atom. The molecular formula is C20H21FN4S2. The molecule has 2 aliphatic rings. The van der Waals surface area contributed by atoms with Crippen LogP contribution in [0.5, 0.6) is 0 Å². The molecule has 27 heavy (non-hydrogen) atoms. The Bertz CT molecular complexity index is 1050. The average Bonchev–Trinajstić information content (AvgIpc) is 3.28. The van der Waals surface area contributed by atoms with Crippen molar-refractivity contribution >= 4 is 23.6 Å². The van der Waals surface area contributed by atoms with Crippen LogP contribution in [0, 0.1) is 10.6 Å². The Morgan fingerprint density at radius 1 is 1.26 bits per heavy atom. The van der Waals surface area contributed by atoms with Crippen molar-refractivity contribution in [3.8, 4) is 11.4 Å². The maximum atomic E-state index is 14.4. The largest absolute Gasteiger partial charge is 0.297 e. The first-order valence-electron chi connectivity index (χ1n) is 9.38. The van der Waals surface area contributed by atoms with Gasteiger partial charge in [0.15, 0.2) is 10.6 Å². The van der Waals surface area contributed by atoms with E-state index in [9.17, 15) is 4.39 Å². The van der Waals surface area contributed by atoms with Crippen molar-refractivity contribution in [1.29, 1.82) is 0 Å². The molecule has 0 N–H and O–H groups in total. The normalized spacial score (nSPS) is 20.0. The molecule has 1 saturated carbocycles. The van der Waals surface area contributed by atoms with Crippen LogP contribution >= 0.6 is 23.6 Å². The minimum absolute atomic E-state index is 0.249. The van der Waals surface area contributed by atoms with Crippen molar-refractivity contribution in [2.45, 2.75) is 44.9 Å². The molecular weight excluding hydrogens is 379 g/mol. The van der Waals surface area contributed by atoms with Crippen LogP contribution in [0.2, 0.25) is 0 Å². The third kappa shape index (κ3) is 2.98. The van der Waals surface area contributed by atoms with Gasteiger partial charge >= 0.3 is 0 Å². The van der Waals surface area contributed by atoms with Gasteiger partial charge in [-0.2, -0.15) is 5.10 Å². The highest BCUT2D eigenvalue weighted by atomic mass is 32.1. The molecule has 1 aromatic carbocycles. The summed E-state index contributed by atoms with van der Waals surface area (Å²) in [4.78, 5) is 3.89. The van der Waals surface area contributed by atoms with Gasteiger partial charge in [0.25, 0.3) is 0 Å². The molecule has 1 fully saturated rings. The molecule has 5 rings (SSSR count). The third-order valence-corrected chi connectivity index (χ3v) is 7.02. The summed E-state index contributed by atoms with van der Waals surface area (Å²) in [6.07, 6.45) is 3.23. The summed E-state index contributed by atoms with van der Waals surface area (Å²) in [5.74, 6) is 0.405. The Labute approximate surface area is 166 Å². The smallest absolute Gasteiger partial charge is 0.199 e. The third-order valence-electron chi connectivity index (χ3n) is 5.62. The van der Waals surface area contributed by atoms with Crippen molar-refractivity contribution in [1.82, 2.24) is 19.2 Å². The molecule has 2 aromatic heterocycles. The van der Waals surface area contributed by atoms with E-state index >= 15 is 0 Å². The highest BCUT2D eigenvalue weighted by Gasteiger charge is 2.31. The van der Waals surface area contributed by atoms with E-state index < -0.39 is 0 Å². The van der Waals surface area contributed by atoms with Crippen LogP contribution in [0.4, 0.5) is 4.39 Å². The molecule has 0 bridgehead atoms. The number of hydrogen-bond donors (Lipinski definition) is 0. The van der Waals surface area contributed by atoms with Gasteiger partial charge in [0.2, 0.25) is 0 Å². The SMILES string of the molecule is C[C@@H]1c2ccsc2CCN1Cn1nc(-c2ccccc2F)n(C2CC2)c1=S. The second kappa shape index (κ2) is 6.65. The lowest BCUT2D eigenvalue weighted by Gasteiger charge is -2.33. The zero-order chi connectivity index (χ0) is 18.5. The first-order chi connectivity index (χ1) is 13.1. The van der Waals surface area contributed by atoms with E-state index in [0.29, 0.717) is 34.9 Å². The number of hydrogen-bond acceptors (Lipinski definition) is 4. The zero-order valence-corrected chi connectivity index (χ0v) is 16.8. The summed E-state index contributed by atoms with van der Waals surface area (Å²) in [5.41, 5.74) is 1.94. The number of thiophene rings is 1. The highest BCUT2D eigenvalue weighted by molar-refractivity contribution is 7.71. The van der Waals surface area contributed by atoms with Gasteiger partial charge in [-0.25, -0.2) is 9.07 Å². The Hall–Kier alpha value is -1.83. The molecule has 140 valence electrons. The number of fused-ring (bicyclic) bond motifs is 1. The summed E-state index contributed by atoms with van der Waals surface area (Å²) in [6.45, 7) is 3.86. The molecule has 1 aliphatic heterocycles. The molecule has 7 heteroatoms. The lowest BCUT2D eigenvalue weighted by molar-refractivity contribution is 0.144. The van der Waals surface area contributed by atoms with Crippen molar-refractivity contribution in [2.24, 2.45) is 0 Å². The predicted octanol–water partition coefficient (Wildman–Crippen LogP) is 5.19. The standard InChI is InChI=1S/C20H21FN4S2/c1-13-15-9-11-27-18(15)8-10-23(13)12-24-20(26)25(14-6-7-14)19(22-24)16-4-2-3-5-17(16)21/h2-5,9,11,13-14H,6-8,10,12H2,1H3/t13-/m1/s1. The second-order valence-electron chi connectivity index (χ2n) is 7.37. The van der Waals surface area contributed by atoms with E-state index in [1.54, 1.807) is 12.1 Å². The lowest BCUT2D eigenvalue weighted by Crippen LogP contribution is -2.35. The van der Waals surface area contributed by atoms with Gasteiger partial charge in [0, 0.05) is 23.5 Å². The number of nitrogens with zero attached hydrogens (tertiary/aromatic N) is 4. The minimum atomic E-state index is -0.249. The molecule has 0 spiro atoms. The van der Waals surface area contributed by atoms with Crippen molar-refractivity contribution in [2.75, 3.05) is 6.54 Å². The molecule has 1 aliphatic carbocycles. The summed E-state index contributed by atoms with van der Waals surface area (Å²) >= 11 is 7.60. The summed E-state index contributed by atoms with van der Waals surface area (Å²) in [5, 5.41) is 6.95. The molecule has 0 radical (unpaired) electrons. The van der Waals surface area contributed by atoms with Crippen molar-refractivity contribution < 1.29 is 4.39 Å². The average molecular weight is 401 g/mol. The van der Waals surface area contributed by atoms with Gasteiger partial charge in [-0.3, -0.25) is 9.47 Å². The van der Waals surface area contributed by atoms with Gasteiger partial charge in [-0.15, -0.1) is 11.3 Å². The summed E-state index contributed by atoms with van der Waals surface area (Å²) < 4.78 is 19.1.